The van der Waals surface area contributed by atoms with Crippen molar-refractivity contribution in [2.75, 3.05) is 0 Å². The number of carbonyl (C=O) groups excluding carboxylic acids is 1. The first-order valence-corrected chi connectivity index (χ1v) is 4.55. The number of hydrogen-bond donors (Lipinski definition) is 1. The Morgan fingerprint density at radius 2 is 2.00 bits per heavy atom. The summed E-state index contributed by atoms with van der Waals surface area (Å²) in [5.74, 6) is 0.899. The predicted octanol–water partition coefficient (Wildman–Crippen LogP) is 1.72. The third kappa shape index (κ3) is 1.68. The molecule has 0 aromatic carbocycles. The Labute approximate surface area is 74.0 Å². The summed E-state index contributed by atoms with van der Waals surface area (Å²) in [6.07, 6.45) is 2.09. The lowest BCUT2D eigenvalue weighted by molar-refractivity contribution is -0.119. The standard InChI is InChI=1S/C10H17NO/c1-6(2)9-5-7(3)8(4)11-10(9)12/h5-8H,1-4H3,(H,11,12). The SMILES string of the molecule is CC(C)C1=CC(C)C(C)NC1=O. The van der Waals surface area contributed by atoms with E-state index in [2.05, 4.69) is 18.3 Å². The van der Waals surface area contributed by atoms with Gasteiger partial charge in [0.1, 0.15) is 0 Å². The van der Waals surface area contributed by atoms with E-state index in [9.17, 15) is 4.79 Å². The van der Waals surface area contributed by atoms with Gasteiger partial charge in [-0.1, -0.05) is 26.8 Å². The fourth-order valence-corrected chi connectivity index (χ4v) is 1.38. The number of hydrogen-bond acceptors (Lipinski definition) is 1. The van der Waals surface area contributed by atoms with Gasteiger partial charge in [-0.15, -0.1) is 0 Å². The van der Waals surface area contributed by atoms with Crippen molar-refractivity contribution in [1.82, 2.24) is 5.32 Å². The number of rotatable bonds is 1. The van der Waals surface area contributed by atoms with Crippen LogP contribution in [0.15, 0.2) is 11.6 Å². The summed E-state index contributed by atoms with van der Waals surface area (Å²) in [4.78, 5) is 11.4. The molecule has 0 bridgehead atoms. The fraction of sp³-hybridized carbons (Fsp3) is 0.700. The van der Waals surface area contributed by atoms with E-state index in [0.717, 1.165) is 5.57 Å². The van der Waals surface area contributed by atoms with Crippen LogP contribution in [0.2, 0.25) is 0 Å². The Kier molecular flexibility index (Phi) is 2.55. The van der Waals surface area contributed by atoms with Crippen LogP contribution in [-0.2, 0) is 4.79 Å². The summed E-state index contributed by atoms with van der Waals surface area (Å²) in [7, 11) is 0. The Bertz CT molecular complexity index is 218. The van der Waals surface area contributed by atoms with Gasteiger partial charge in [0.05, 0.1) is 0 Å². The van der Waals surface area contributed by atoms with E-state index in [1.54, 1.807) is 0 Å². The second-order valence-corrected chi connectivity index (χ2v) is 3.90. The van der Waals surface area contributed by atoms with Crippen molar-refractivity contribution in [2.24, 2.45) is 11.8 Å². The summed E-state index contributed by atoms with van der Waals surface area (Å²) in [5.41, 5.74) is 0.931. The van der Waals surface area contributed by atoms with Gasteiger partial charge < -0.3 is 5.32 Å². The zero-order valence-corrected chi connectivity index (χ0v) is 8.22. The van der Waals surface area contributed by atoms with Gasteiger partial charge in [-0.05, 0) is 18.8 Å². The monoisotopic (exact) mass is 167 g/mol. The molecule has 1 rings (SSSR count). The van der Waals surface area contributed by atoms with E-state index in [1.807, 2.05) is 20.8 Å². The average molecular weight is 167 g/mol. The molecule has 0 saturated carbocycles. The minimum Gasteiger partial charge on any atom is -0.349 e. The summed E-state index contributed by atoms with van der Waals surface area (Å²) < 4.78 is 0. The first-order chi connectivity index (χ1) is 5.52. The van der Waals surface area contributed by atoms with E-state index in [4.69, 9.17) is 0 Å². The molecule has 0 spiro atoms. The van der Waals surface area contributed by atoms with Gasteiger partial charge in [-0.3, -0.25) is 4.79 Å². The van der Waals surface area contributed by atoms with Crippen LogP contribution >= 0.6 is 0 Å². The largest absolute Gasteiger partial charge is 0.349 e. The summed E-state index contributed by atoms with van der Waals surface area (Å²) in [6, 6.07) is 0.278. The smallest absolute Gasteiger partial charge is 0.247 e. The number of nitrogens with one attached hydrogen (secondary N) is 1. The molecule has 1 aliphatic heterocycles. The lowest BCUT2D eigenvalue weighted by atomic mass is 9.90. The molecule has 2 nitrogen and oxygen atoms in total. The van der Waals surface area contributed by atoms with Crippen LogP contribution in [0, 0.1) is 11.8 Å². The quantitative estimate of drug-likeness (QED) is 0.633. The molecule has 1 N–H and O–H groups in total. The van der Waals surface area contributed by atoms with Gasteiger partial charge in [0.15, 0.2) is 0 Å². The molecule has 0 fully saturated rings. The van der Waals surface area contributed by atoms with E-state index in [-0.39, 0.29) is 11.9 Å². The highest BCUT2D eigenvalue weighted by Crippen LogP contribution is 2.19. The molecular formula is C10H17NO. The van der Waals surface area contributed by atoms with Crippen LogP contribution in [0.4, 0.5) is 0 Å². The minimum atomic E-state index is 0.107. The molecule has 1 amide bonds. The highest BCUT2D eigenvalue weighted by atomic mass is 16.1. The van der Waals surface area contributed by atoms with Gasteiger partial charge >= 0.3 is 0 Å². The molecule has 0 radical (unpaired) electrons. The molecule has 1 aliphatic rings. The number of amides is 1. The van der Waals surface area contributed by atoms with Crippen LogP contribution in [0.25, 0.3) is 0 Å². The second-order valence-electron chi connectivity index (χ2n) is 3.90. The van der Waals surface area contributed by atoms with Gasteiger partial charge in [0, 0.05) is 11.6 Å². The van der Waals surface area contributed by atoms with Crippen molar-refractivity contribution in [3.63, 3.8) is 0 Å². The molecule has 0 aromatic rings. The van der Waals surface area contributed by atoms with Crippen LogP contribution in [0.1, 0.15) is 27.7 Å². The Hall–Kier alpha value is -0.790. The molecule has 0 saturated heterocycles. The summed E-state index contributed by atoms with van der Waals surface area (Å²) in [5, 5.41) is 2.95. The third-order valence-corrected chi connectivity index (χ3v) is 2.47. The molecule has 1 heterocycles. The predicted molar refractivity (Wildman–Crippen MR) is 49.7 cm³/mol. The summed E-state index contributed by atoms with van der Waals surface area (Å²) >= 11 is 0. The normalized spacial score (nSPS) is 30.1. The second kappa shape index (κ2) is 3.30. The van der Waals surface area contributed by atoms with E-state index >= 15 is 0 Å². The molecule has 2 atom stereocenters. The first kappa shape index (κ1) is 9.30. The lowest BCUT2D eigenvalue weighted by Crippen LogP contribution is -2.42. The molecule has 68 valence electrons. The van der Waals surface area contributed by atoms with Crippen LogP contribution < -0.4 is 5.32 Å². The maximum atomic E-state index is 11.4. The van der Waals surface area contributed by atoms with E-state index in [1.165, 1.54) is 0 Å². The molecule has 2 heteroatoms. The van der Waals surface area contributed by atoms with Gasteiger partial charge in [-0.25, -0.2) is 0 Å². The van der Waals surface area contributed by atoms with Crippen LogP contribution in [0.5, 0.6) is 0 Å². The molecule has 0 aromatic heterocycles. The van der Waals surface area contributed by atoms with Crippen molar-refractivity contribution in [3.8, 4) is 0 Å². The molecule has 0 aliphatic carbocycles. The van der Waals surface area contributed by atoms with Gasteiger partial charge in [0.25, 0.3) is 0 Å². The van der Waals surface area contributed by atoms with Crippen molar-refractivity contribution in [3.05, 3.63) is 11.6 Å². The Morgan fingerprint density at radius 1 is 1.42 bits per heavy atom. The maximum absolute atomic E-state index is 11.4. The van der Waals surface area contributed by atoms with Crippen LogP contribution in [0.3, 0.4) is 0 Å². The minimum absolute atomic E-state index is 0.107. The van der Waals surface area contributed by atoms with Crippen LogP contribution in [-0.4, -0.2) is 11.9 Å². The average Bonchev–Trinajstić information content (AvgIpc) is 1.96. The third-order valence-electron chi connectivity index (χ3n) is 2.47. The maximum Gasteiger partial charge on any atom is 0.247 e. The molecule has 2 unspecified atom stereocenters. The van der Waals surface area contributed by atoms with E-state index < -0.39 is 0 Å². The lowest BCUT2D eigenvalue weighted by Gasteiger charge is -2.27. The first-order valence-electron chi connectivity index (χ1n) is 4.55. The Morgan fingerprint density at radius 3 is 2.50 bits per heavy atom. The van der Waals surface area contributed by atoms with Gasteiger partial charge in [-0.2, -0.15) is 0 Å². The number of carbonyl (C=O) groups is 1. The van der Waals surface area contributed by atoms with Crippen molar-refractivity contribution in [2.45, 2.75) is 33.7 Å². The zero-order chi connectivity index (χ0) is 9.30. The molecular weight excluding hydrogens is 150 g/mol. The van der Waals surface area contributed by atoms with Crippen molar-refractivity contribution in [1.29, 1.82) is 0 Å². The zero-order valence-electron chi connectivity index (χ0n) is 8.22. The van der Waals surface area contributed by atoms with Gasteiger partial charge in [0.2, 0.25) is 5.91 Å². The molecule has 12 heavy (non-hydrogen) atoms. The van der Waals surface area contributed by atoms with Crippen molar-refractivity contribution < 1.29 is 4.79 Å². The topological polar surface area (TPSA) is 29.1 Å². The Balaban J connectivity index is 2.86. The fourth-order valence-electron chi connectivity index (χ4n) is 1.38. The highest BCUT2D eigenvalue weighted by Gasteiger charge is 2.24. The van der Waals surface area contributed by atoms with Crippen molar-refractivity contribution >= 4 is 5.91 Å². The summed E-state index contributed by atoms with van der Waals surface area (Å²) in [6.45, 7) is 8.27. The highest BCUT2D eigenvalue weighted by molar-refractivity contribution is 5.94. The van der Waals surface area contributed by atoms with E-state index in [0.29, 0.717) is 11.8 Å².